The van der Waals surface area contributed by atoms with Crippen molar-refractivity contribution in [1.82, 2.24) is 19.5 Å². The molecule has 0 saturated heterocycles. The molecule has 2 aromatic heterocycles. The molecule has 0 bridgehead atoms. The molecule has 3 rings (SSSR count). The fourth-order valence-corrected chi connectivity index (χ4v) is 2.68. The van der Waals surface area contributed by atoms with Gasteiger partial charge in [-0.05, 0) is 5.56 Å². The van der Waals surface area contributed by atoms with Crippen molar-refractivity contribution in [2.45, 2.75) is 11.7 Å². The van der Waals surface area contributed by atoms with E-state index in [1.54, 1.807) is 6.33 Å². The number of nitrogens with zero attached hydrogens (tertiary/aromatic N) is 3. The lowest BCUT2D eigenvalue weighted by molar-refractivity contribution is 0.322. The molecule has 3 aromatic rings. The second-order valence-electron chi connectivity index (χ2n) is 4.52. The lowest BCUT2D eigenvalue weighted by Gasteiger charge is -2.06. The topological polar surface area (TPSA) is 90.6 Å². The molecule has 3 N–H and O–H groups in total. The maximum Gasteiger partial charge on any atom is 0.173 e. The molecule has 0 fully saturated rings. The highest BCUT2D eigenvalue weighted by molar-refractivity contribution is 7.99. The SMILES string of the molecule is N=c1ncn(Cc2ccccc2)c2nc(SCCO)[nH]c12. The van der Waals surface area contributed by atoms with Crippen LogP contribution in [0.4, 0.5) is 0 Å². The zero-order chi connectivity index (χ0) is 14.7. The number of rotatable bonds is 5. The summed E-state index contributed by atoms with van der Waals surface area (Å²) in [4.78, 5) is 11.7. The van der Waals surface area contributed by atoms with Gasteiger partial charge in [-0.25, -0.2) is 9.97 Å². The summed E-state index contributed by atoms with van der Waals surface area (Å²) in [5.74, 6) is 0.569. The number of fused-ring (bicyclic) bond motifs is 1. The highest BCUT2D eigenvalue weighted by atomic mass is 32.2. The molecule has 0 amide bonds. The van der Waals surface area contributed by atoms with Gasteiger partial charge in [0.2, 0.25) is 0 Å². The van der Waals surface area contributed by atoms with Gasteiger partial charge in [-0.2, -0.15) is 0 Å². The predicted molar refractivity (Wildman–Crippen MR) is 81.1 cm³/mol. The maximum absolute atomic E-state index is 8.89. The molecule has 0 aliphatic heterocycles. The molecule has 21 heavy (non-hydrogen) atoms. The first kappa shape index (κ1) is 13.8. The number of nitrogens with one attached hydrogen (secondary N) is 2. The summed E-state index contributed by atoms with van der Waals surface area (Å²) >= 11 is 1.43. The standard InChI is InChI=1S/C14H15N5OS/c15-12-11-13(18-14(17-11)21-7-6-20)19(9-16-12)8-10-4-2-1-3-5-10/h1-5,9,15,20H,6-8H2,(H,17,18). The average molecular weight is 301 g/mol. The van der Waals surface area contributed by atoms with Crippen molar-refractivity contribution in [3.05, 3.63) is 47.7 Å². The van der Waals surface area contributed by atoms with E-state index in [2.05, 4.69) is 15.0 Å². The van der Waals surface area contributed by atoms with Gasteiger partial charge in [-0.1, -0.05) is 42.1 Å². The first-order valence-electron chi connectivity index (χ1n) is 6.55. The summed E-state index contributed by atoms with van der Waals surface area (Å²) in [5.41, 5.74) is 2.65. The normalized spacial score (nSPS) is 11.1. The number of H-pyrrole nitrogens is 1. The van der Waals surface area contributed by atoms with Crippen LogP contribution in [-0.2, 0) is 6.54 Å². The minimum Gasteiger partial charge on any atom is -0.396 e. The molecule has 0 aliphatic carbocycles. The molecule has 1 aromatic carbocycles. The summed E-state index contributed by atoms with van der Waals surface area (Å²) in [7, 11) is 0. The minimum absolute atomic E-state index is 0.0949. The highest BCUT2D eigenvalue weighted by Gasteiger charge is 2.09. The Morgan fingerprint density at radius 1 is 1.29 bits per heavy atom. The Morgan fingerprint density at radius 3 is 2.86 bits per heavy atom. The Hall–Kier alpha value is -2.12. The molecule has 0 aliphatic rings. The van der Waals surface area contributed by atoms with E-state index in [0.29, 0.717) is 28.6 Å². The summed E-state index contributed by atoms with van der Waals surface area (Å²) in [6, 6.07) is 10.1. The van der Waals surface area contributed by atoms with E-state index in [-0.39, 0.29) is 12.1 Å². The molecule has 2 heterocycles. The predicted octanol–water partition coefficient (Wildman–Crippen LogP) is 1.37. The van der Waals surface area contributed by atoms with Crippen molar-refractivity contribution in [2.24, 2.45) is 0 Å². The summed E-state index contributed by atoms with van der Waals surface area (Å²) in [6.45, 7) is 0.747. The summed E-state index contributed by atoms with van der Waals surface area (Å²) in [5, 5.41) is 17.5. The number of imidazole rings is 1. The van der Waals surface area contributed by atoms with Gasteiger partial charge in [0.25, 0.3) is 0 Å². The third-order valence-electron chi connectivity index (χ3n) is 3.02. The first-order valence-corrected chi connectivity index (χ1v) is 7.54. The number of hydrogen-bond donors (Lipinski definition) is 3. The molecule has 0 saturated carbocycles. The third-order valence-corrected chi connectivity index (χ3v) is 3.88. The number of aromatic nitrogens is 4. The molecular weight excluding hydrogens is 286 g/mol. The van der Waals surface area contributed by atoms with Gasteiger partial charge in [0.15, 0.2) is 16.3 Å². The first-order chi connectivity index (χ1) is 10.3. The Labute approximate surface area is 125 Å². The minimum atomic E-state index is 0.0949. The Bertz CT molecular complexity index is 796. The van der Waals surface area contributed by atoms with Gasteiger partial charge >= 0.3 is 0 Å². The van der Waals surface area contributed by atoms with E-state index in [1.807, 2.05) is 34.9 Å². The quantitative estimate of drug-likeness (QED) is 0.621. The van der Waals surface area contributed by atoms with Crippen LogP contribution in [0.5, 0.6) is 0 Å². The van der Waals surface area contributed by atoms with Crippen molar-refractivity contribution in [3.63, 3.8) is 0 Å². The second kappa shape index (κ2) is 6.11. The lowest BCUT2D eigenvalue weighted by atomic mass is 10.2. The molecule has 0 spiro atoms. The van der Waals surface area contributed by atoms with Crippen LogP contribution in [0.3, 0.4) is 0 Å². The van der Waals surface area contributed by atoms with Crippen molar-refractivity contribution in [1.29, 1.82) is 5.41 Å². The van der Waals surface area contributed by atoms with E-state index >= 15 is 0 Å². The van der Waals surface area contributed by atoms with Crippen LogP contribution in [0.2, 0.25) is 0 Å². The Kier molecular flexibility index (Phi) is 4.03. The van der Waals surface area contributed by atoms with Gasteiger partial charge in [-0.15, -0.1) is 0 Å². The van der Waals surface area contributed by atoms with Gasteiger partial charge in [0, 0.05) is 5.75 Å². The monoisotopic (exact) mass is 301 g/mol. The zero-order valence-corrected chi connectivity index (χ0v) is 12.1. The molecule has 0 unspecified atom stereocenters. The van der Waals surface area contributed by atoms with Gasteiger partial charge in [-0.3, -0.25) is 5.41 Å². The number of hydrogen-bond acceptors (Lipinski definition) is 5. The number of aliphatic hydroxyl groups is 1. The largest absolute Gasteiger partial charge is 0.396 e. The number of thioether (sulfide) groups is 1. The van der Waals surface area contributed by atoms with Crippen LogP contribution in [0, 0.1) is 5.41 Å². The number of benzene rings is 1. The van der Waals surface area contributed by atoms with E-state index in [0.717, 1.165) is 5.56 Å². The van der Waals surface area contributed by atoms with Crippen LogP contribution < -0.4 is 5.49 Å². The van der Waals surface area contributed by atoms with Crippen LogP contribution in [0.1, 0.15) is 5.56 Å². The van der Waals surface area contributed by atoms with Crippen molar-refractivity contribution in [3.8, 4) is 0 Å². The molecule has 108 valence electrons. The van der Waals surface area contributed by atoms with Crippen LogP contribution >= 0.6 is 11.8 Å². The Morgan fingerprint density at radius 2 is 2.10 bits per heavy atom. The smallest absolute Gasteiger partial charge is 0.173 e. The van der Waals surface area contributed by atoms with Crippen LogP contribution in [0.15, 0.2) is 41.8 Å². The van der Waals surface area contributed by atoms with E-state index in [9.17, 15) is 0 Å². The molecule has 7 heteroatoms. The van der Waals surface area contributed by atoms with E-state index in [1.165, 1.54) is 11.8 Å². The average Bonchev–Trinajstić information content (AvgIpc) is 2.94. The van der Waals surface area contributed by atoms with Crippen molar-refractivity contribution >= 4 is 22.9 Å². The van der Waals surface area contributed by atoms with Crippen molar-refractivity contribution < 1.29 is 5.11 Å². The Balaban J connectivity index is 2.00. The summed E-state index contributed by atoms with van der Waals surface area (Å²) < 4.78 is 1.92. The molecular formula is C14H15N5OS. The van der Waals surface area contributed by atoms with Gasteiger partial charge in [0.05, 0.1) is 19.5 Å². The second-order valence-corrected chi connectivity index (χ2v) is 5.60. The third kappa shape index (κ3) is 2.98. The molecule has 0 atom stereocenters. The molecule has 0 radical (unpaired) electrons. The lowest BCUT2D eigenvalue weighted by Crippen LogP contribution is -2.13. The van der Waals surface area contributed by atoms with Crippen molar-refractivity contribution in [2.75, 3.05) is 12.4 Å². The van der Waals surface area contributed by atoms with E-state index < -0.39 is 0 Å². The number of aliphatic hydroxyl groups excluding tert-OH is 1. The zero-order valence-electron chi connectivity index (χ0n) is 11.3. The van der Waals surface area contributed by atoms with Gasteiger partial charge in [0.1, 0.15) is 5.52 Å². The maximum atomic E-state index is 8.89. The highest BCUT2D eigenvalue weighted by Crippen LogP contribution is 2.17. The fourth-order valence-electron chi connectivity index (χ4n) is 2.07. The molecule has 6 nitrogen and oxygen atoms in total. The summed E-state index contributed by atoms with van der Waals surface area (Å²) in [6.07, 6.45) is 1.64. The fraction of sp³-hybridized carbons (Fsp3) is 0.214. The van der Waals surface area contributed by atoms with Crippen LogP contribution in [0.25, 0.3) is 11.2 Å². The van der Waals surface area contributed by atoms with Crippen LogP contribution in [-0.4, -0.2) is 37.0 Å². The van der Waals surface area contributed by atoms with Gasteiger partial charge < -0.3 is 14.7 Å². The number of aromatic amines is 1. The van der Waals surface area contributed by atoms with E-state index in [4.69, 9.17) is 10.5 Å².